The van der Waals surface area contributed by atoms with Crippen LogP contribution in [0.1, 0.15) is 65.7 Å². The maximum Gasteiger partial charge on any atom is 0.0113 e. The van der Waals surface area contributed by atoms with Gasteiger partial charge in [0.2, 0.25) is 0 Å². The van der Waals surface area contributed by atoms with Gasteiger partial charge in [-0.05, 0) is 57.9 Å². The normalized spacial score (nSPS) is 38.8. The minimum absolute atomic E-state index is 0.785. The lowest BCUT2D eigenvalue weighted by atomic mass is 9.86. The van der Waals surface area contributed by atoms with Gasteiger partial charge in [0.25, 0.3) is 0 Å². The summed E-state index contributed by atoms with van der Waals surface area (Å²) in [5.74, 6) is 0.908. The molecule has 1 saturated heterocycles. The third-order valence-electron chi connectivity index (χ3n) is 4.96. The van der Waals surface area contributed by atoms with E-state index in [4.69, 9.17) is 0 Å². The highest BCUT2D eigenvalue weighted by Gasteiger charge is 2.32. The van der Waals surface area contributed by atoms with E-state index < -0.39 is 0 Å². The largest absolute Gasteiger partial charge is 0.314 e. The fourth-order valence-corrected chi connectivity index (χ4v) is 3.83. The highest BCUT2D eigenvalue weighted by atomic mass is 15.2. The molecule has 0 aromatic carbocycles. The molecule has 4 atom stereocenters. The van der Waals surface area contributed by atoms with E-state index in [0.717, 1.165) is 24.0 Å². The van der Waals surface area contributed by atoms with Crippen LogP contribution in [0.2, 0.25) is 0 Å². The monoisotopic (exact) mass is 252 g/mol. The van der Waals surface area contributed by atoms with Crippen LogP contribution in [-0.2, 0) is 0 Å². The Labute approximate surface area is 114 Å². The van der Waals surface area contributed by atoms with Crippen molar-refractivity contribution in [3.05, 3.63) is 0 Å². The van der Waals surface area contributed by atoms with Gasteiger partial charge in [0.15, 0.2) is 0 Å². The SMILES string of the molecule is CCCNC1CCCC(N2CC(C)CCC2C)C1. The molecule has 18 heavy (non-hydrogen) atoms. The van der Waals surface area contributed by atoms with Crippen LogP contribution in [0.25, 0.3) is 0 Å². The summed E-state index contributed by atoms with van der Waals surface area (Å²) in [6.07, 6.45) is 9.74. The molecule has 2 nitrogen and oxygen atoms in total. The summed E-state index contributed by atoms with van der Waals surface area (Å²) in [5, 5.41) is 3.74. The van der Waals surface area contributed by atoms with Crippen molar-refractivity contribution in [1.82, 2.24) is 10.2 Å². The van der Waals surface area contributed by atoms with Gasteiger partial charge in [-0.2, -0.15) is 0 Å². The molecule has 1 aliphatic carbocycles. The van der Waals surface area contributed by atoms with E-state index in [-0.39, 0.29) is 0 Å². The molecule has 2 aliphatic rings. The Morgan fingerprint density at radius 1 is 1.11 bits per heavy atom. The lowest BCUT2D eigenvalue weighted by Gasteiger charge is -2.45. The van der Waals surface area contributed by atoms with Crippen LogP contribution in [0.5, 0.6) is 0 Å². The standard InChI is InChI=1S/C16H32N2/c1-4-10-17-15-6-5-7-16(11-15)18-12-13(2)8-9-14(18)3/h13-17H,4-12H2,1-3H3. The topological polar surface area (TPSA) is 15.3 Å². The second-order valence-corrected chi connectivity index (χ2v) is 6.70. The van der Waals surface area contributed by atoms with Gasteiger partial charge in [-0.25, -0.2) is 0 Å². The highest BCUT2D eigenvalue weighted by Crippen LogP contribution is 2.30. The van der Waals surface area contributed by atoms with Crippen LogP contribution in [-0.4, -0.2) is 36.1 Å². The minimum atomic E-state index is 0.785. The highest BCUT2D eigenvalue weighted by molar-refractivity contribution is 4.88. The van der Waals surface area contributed by atoms with Crippen LogP contribution < -0.4 is 5.32 Å². The molecule has 0 amide bonds. The number of nitrogens with one attached hydrogen (secondary N) is 1. The lowest BCUT2D eigenvalue weighted by Crippen LogP contribution is -2.51. The van der Waals surface area contributed by atoms with Crippen molar-refractivity contribution in [2.45, 2.75) is 83.8 Å². The predicted molar refractivity (Wildman–Crippen MR) is 78.9 cm³/mol. The molecule has 0 aromatic rings. The van der Waals surface area contributed by atoms with E-state index in [1.807, 2.05) is 0 Å². The summed E-state index contributed by atoms with van der Waals surface area (Å²) in [4.78, 5) is 2.83. The smallest absolute Gasteiger partial charge is 0.0113 e. The molecule has 2 rings (SSSR count). The number of hydrogen-bond donors (Lipinski definition) is 1. The molecule has 4 unspecified atom stereocenters. The molecule has 1 N–H and O–H groups in total. The maximum absolute atomic E-state index is 3.74. The Kier molecular flexibility index (Phi) is 5.50. The zero-order valence-corrected chi connectivity index (χ0v) is 12.6. The van der Waals surface area contributed by atoms with E-state index >= 15 is 0 Å². The lowest BCUT2D eigenvalue weighted by molar-refractivity contribution is 0.0507. The molecule has 0 bridgehead atoms. The average Bonchev–Trinajstić information content (AvgIpc) is 2.39. The van der Waals surface area contributed by atoms with E-state index in [1.54, 1.807) is 0 Å². The predicted octanol–water partition coefficient (Wildman–Crippen LogP) is 3.42. The Morgan fingerprint density at radius 2 is 1.94 bits per heavy atom. The first kappa shape index (κ1) is 14.3. The van der Waals surface area contributed by atoms with Gasteiger partial charge in [-0.3, -0.25) is 4.90 Å². The number of likely N-dealkylation sites (tertiary alicyclic amines) is 1. The fourth-order valence-electron chi connectivity index (χ4n) is 3.83. The molecule has 1 saturated carbocycles. The van der Waals surface area contributed by atoms with Crippen LogP contribution in [0, 0.1) is 5.92 Å². The average molecular weight is 252 g/mol. The number of piperidine rings is 1. The summed E-state index contributed by atoms with van der Waals surface area (Å²) in [7, 11) is 0. The van der Waals surface area contributed by atoms with E-state index in [1.165, 1.54) is 58.0 Å². The summed E-state index contributed by atoms with van der Waals surface area (Å²) >= 11 is 0. The quantitative estimate of drug-likeness (QED) is 0.825. The molecule has 0 radical (unpaired) electrons. The molecule has 1 heterocycles. The number of hydrogen-bond acceptors (Lipinski definition) is 2. The molecule has 2 heteroatoms. The number of rotatable bonds is 4. The van der Waals surface area contributed by atoms with Gasteiger partial charge >= 0.3 is 0 Å². The molecule has 106 valence electrons. The molecule has 0 spiro atoms. The maximum atomic E-state index is 3.74. The Bertz CT molecular complexity index is 241. The van der Waals surface area contributed by atoms with Crippen molar-refractivity contribution in [2.75, 3.05) is 13.1 Å². The summed E-state index contributed by atoms with van der Waals surface area (Å²) in [5.41, 5.74) is 0. The van der Waals surface area contributed by atoms with Crippen LogP contribution >= 0.6 is 0 Å². The molecule has 1 aliphatic heterocycles. The van der Waals surface area contributed by atoms with Crippen molar-refractivity contribution in [1.29, 1.82) is 0 Å². The minimum Gasteiger partial charge on any atom is -0.314 e. The first-order valence-electron chi connectivity index (χ1n) is 8.19. The zero-order valence-electron chi connectivity index (χ0n) is 12.6. The van der Waals surface area contributed by atoms with Gasteiger partial charge in [0.1, 0.15) is 0 Å². The first-order valence-corrected chi connectivity index (χ1v) is 8.19. The second kappa shape index (κ2) is 6.91. The van der Waals surface area contributed by atoms with Gasteiger partial charge in [0.05, 0.1) is 0 Å². The fraction of sp³-hybridized carbons (Fsp3) is 1.00. The van der Waals surface area contributed by atoms with Gasteiger partial charge < -0.3 is 5.32 Å². The summed E-state index contributed by atoms with van der Waals surface area (Å²) in [6.45, 7) is 9.67. The molecule has 2 fully saturated rings. The van der Waals surface area contributed by atoms with Gasteiger partial charge in [0, 0.05) is 24.7 Å². The molecular formula is C16H32N2. The van der Waals surface area contributed by atoms with Gasteiger partial charge in [-0.15, -0.1) is 0 Å². The Morgan fingerprint density at radius 3 is 2.72 bits per heavy atom. The summed E-state index contributed by atoms with van der Waals surface area (Å²) < 4.78 is 0. The third kappa shape index (κ3) is 3.71. The molecule has 0 aromatic heterocycles. The second-order valence-electron chi connectivity index (χ2n) is 6.70. The summed E-state index contributed by atoms with van der Waals surface area (Å²) in [6, 6.07) is 2.45. The van der Waals surface area contributed by atoms with Gasteiger partial charge in [-0.1, -0.05) is 20.3 Å². The van der Waals surface area contributed by atoms with Crippen molar-refractivity contribution >= 4 is 0 Å². The third-order valence-corrected chi connectivity index (χ3v) is 4.96. The van der Waals surface area contributed by atoms with Crippen LogP contribution in [0.3, 0.4) is 0 Å². The Hall–Kier alpha value is -0.0800. The number of nitrogens with zero attached hydrogens (tertiary/aromatic N) is 1. The van der Waals surface area contributed by atoms with Crippen LogP contribution in [0.4, 0.5) is 0 Å². The van der Waals surface area contributed by atoms with E-state index in [2.05, 4.69) is 31.0 Å². The van der Waals surface area contributed by atoms with Crippen LogP contribution in [0.15, 0.2) is 0 Å². The Balaban J connectivity index is 1.86. The van der Waals surface area contributed by atoms with Crippen molar-refractivity contribution in [3.8, 4) is 0 Å². The van der Waals surface area contributed by atoms with E-state index in [0.29, 0.717) is 0 Å². The van der Waals surface area contributed by atoms with Crippen molar-refractivity contribution in [3.63, 3.8) is 0 Å². The van der Waals surface area contributed by atoms with E-state index in [9.17, 15) is 0 Å². The molecular weight excluding hydrogens is 220 g/mol. The van der Waals surface area contributed by atoms with Crippen molar-refractivity contribution < 1.29 is 0 Å². The van der Waals surface area contributed by atoms with Crippen molar-refractivity contribution in [2.24, 2.45) is 5.92 Å². The zero-order chi connectivity index (χ0) is 13.0. The first-order chi connectivity index (χ1) is 8.70.